The average molecular weight is 176 g/mol. The lowest BCUT2D eigenvalue weighted by atomic mass is 10.1. The number of H-pyrrole nitrogens is 1. The van der Waals surface area contributed by atoms with Crippen molar-refractivity contribution in [2.75, 3.05) is 0 Å². The van der Waals surface area contributed by atoms with Gasteiger partial charge in [0.25, 0.3) is 5.91 Å². The number of amides is 1. The van der Waals surface area contributed by atoms with E-state index in [-0.39, 0.29) is 5.75 Å². The Hall–Kier alpha value is -1.97. The predicted octanol–water partition coefficient (Wildman–Crippen LogP) is 0.972. The Morgan fingerprint density at radius 2 is 2.15 bits per heavy atom. The fraction of sp³-hybridized carbons (Fsp3) is 0. The topological polar surface area (TPSA) is 79.1 Å². The van der Waals surface area contributed by atoms with E-state index in [0.717, 1.165) is 0 Å². The number of fused-ring (bicyclic) bond motifs is 1. The fourth-order valence-corrected chi connectivity index (χ4v) is 1.35. The van der Waals surface area contributed by atoms with Crippen LogP contribution in [0.5, 0.6) is 5.75 Å². The lowest BCUT2D eigenvalue weighted by molar-refractivity contribution is 0.100. The number of benzene rings is 1. The molecule has 4 nitrogen and oxygen atoms in total. The van der Waals surface area contributed by atoms with Crippen molar-refractivity contribution in [2.45, 2.75) is 0 Å². The molecule has 0 radical (unpaired) electrons. The van der Waals surface area contributed by atoms with E-state index in [1.54, 1.807) is 12.3 Å². The van der Waals surface area contributed by atoms with Crippen LogP contribution in [-0.4, -0.2) is 16.0 Å². The quantitative estimate of drug-likeness (QED) is 0.605. The largest absolute Gasteiger partial charge is 0.507 e. The first-order valence-corrected chi connectivity index (χ1v) is 3.79. The van der Waals surface area contributed by atoms with Gasteiger partial charge in [0.05, 0.1) is 11.1 Å². The average Bonchev–Trinajstić information content (AvgIpc) is 2.53. The van der Waals surface area contributed by atoms with Crippen LogP contribution in [0.3, 0.4) is 0 Å². The number of nitrogens with two attached hydrogens (primary N) is 1. The molecule has 2 rings (SSSR count). The molecule has 0 aliphatic heterocycles. The fourth-order valence-electron chi connectivity index (χ4n) is 1.35. The summed E-state index contributed by atoms with van der Waals surface area (Å²) >= 11 is 0. The second-order valence-corrected chi connectivity index (χ2v) is 2.76. The van der Waals surface area contributed by atoms with Gasteiger partial charge in [0.2, 0.25) is 0 Å². The number of nitrogens with one attached hydrogen (secondary N) is 1. The van der Waals surface area contributed by atoms with E-state index in [9.17, 15) is 9.90 Å². The Bertz CT molecular complexity index is 473. The van der Waals surface area contributed by atoms with Crippen LogP contribution in [0.4, 0.5) is 0 Å². The van der Waals surface area contributed by atoms with Crippen molar-refractivity contribution >= 4 is 16.8 Å². The zero-order valence-corrected chi connectivity index (χ0v) is 6.74. The molecule has 1 aromatic heterocycles. The number of primary amides is 1. The molecule has 4 N–H and O–H groups in total. The van der Waals surface area contributed by atoms with Gasteiger partial charge in [-0.05, 0) is 18.2 Å². The van der Waals surface area contributed by atoms with Crippen LogP contribution in [0.1, 0.15) is 10.4 Å². The summed E-state index contributed by atoms with van der Waals surface area (Å²) in [6, 6.07) is 4.64. The van der Waals surface area contributed by atoms with E-state index in [4.69, 9.17) is 5.73 Å². The van der Waals surface area contributed by atoms with Crippen molar-refractivity contribution in [3.05, 3.63) is 30.0 Å². The van der Waals surface area contributed by atoms with Gasteiger partial charge in [0, 0.05) is 11.6 Å². The van der Waals surface area contributed by atoms with Gasteiger partial charge in [-0.15, -0.1) is 0 Å². The number of aromatic hydroxyl groups is 1. The second-order valence-electron chi connectivity index (χ2n) is 2.76. The number of phenolic OH excluding ortho intramolecular Hbond substituents is 1. The molecule has 0 saturated heterocycles. The summed E-state index contributed by atoms with van der Waals surface area (Å²) in [6.07, 6.45) is 1.65. The molecule has 2 aromatic rings. The number of rotatable bonds is 1. The Labute approximate surface area is 74.0 Å². The van der Waals surface area contributed by atoms with E-state index in [1.165, 1.54) is 12.1 Å². The minimum Gasteiger partial charge on any atom is -0.507 e. The van der Waals surface area contributed by atoms with Crippen LogP contribution < -0.4 is 5.73 Å². The van der Waals surface area contributed by atoms with Crippen molar-refractivity contribution in [3.63, 3.8) is 0 Å². The smallest absolute Gasteiger partial charge is 0.250 e. The summed E-state index contributed by atoms with van der Waals surface area (Å²) in [6.45, 7) is 0. The number of hydrogen-bond acceptors (Lipinski definition) is 2. The lowest BCUT2D eigenvalue weighted by Gasteiger charge is -1.99. The van der Waals surface area contributed by atoms with Crippen molar-refractivity contribution in [2.24, 2.45) is 5.73 Å². The third kappa shape index (κ3) is 1.03. The predicted molar refractivity (Wildman–Crippen MR) is 48.5 cm³/mol. The molecule has 0 bridgehead atoms. The Morgan fingerprint density at radius 1 is 1.38 bits per heavy atom. The monoisotopic (exact) mass is 176 g/mol. The maximum Gasteiger partial charge on any atom is 0.250 e. The molecule has 0 unspecified atom stereocenters. The SMILES string of the molecule is NC(=O)c1ccc(O)c2cc[nH]c12. The third-order valence-electron chi connectivity index (χ3n) is 1.97. The summed E-state index contributed by atoms with van der Waals surface area (Å²) in [7, 11) is 0. The van der Waals surface area contributed by atoms with Crippen molar-refractivity contribution in [1.29, 1.82) is 0 Å². The summed E-state index contributed by atoms with van der Waals surface area (Å²) in [5.41, 5.74) is 6.11. The molecule has 0 aliphatic rings. The molecule has 1 heterocycles. The van der Waals surface area contributed by atoms with E-state index >= 15 is 0 Å². The Kier molecular flexibility index (Phi) is 1.48. The molecule has 0 spiro atoms. The van der Waals surface area contributed by atoms with Crippen molar-refractivity contribution in [3.8, 4) is 5.75 Å². The third-order valence-corrected chi connectivity index (χ3v) is 1.97. The van der Waals surface area contributed by atoms with Crippen molar-refractivity contribution < 1.29 is 9.90 Å². The minimum atomic E-state index is -0.507. The number of carbonyl (C=O) groups is 1. The van der Waals surface area contributed by atoms with Gasteiger partial charge in [-0.3, -0.25) is 4.79 Å². The zero-order chi connectivity index (χ0) is 9.42. The Balaban J connectivity index is 2.86. The molecule has 0 aliphatic carbocycles. The molecular weight excluding hydrogens is 168 g/mol. The van der Waals surface area contributed by atoms with Gasteiger partial charge in [-0.25, -0.2) is 0 Å². The number of hydrogen-bond donors (Lipinski definition) is 3. The van der Waals surface area contributed by atoms with Gasteiger partial charge in [-0.1, -0.05) is 0 Å². The zero-order valence-electron chi connectivity index (χ0n) is 6.74. The normalized spacial score (nSPS) is 10.5. The molecule has 13 heavy (non-hydrogen) atoms. The molecule has 4 heteroatoms. The lowest BCUT2D eigenvalue weighted by Crippen LogP contribution is -2.11. The summed E-state index contributed by atoms with van der Waals surface area (Å²) in [5.74, 6) is -0.367. The van der Waals surface area contributed by atoms with Crippen LogP contribution in [0.25, 0.3) is 10.9 Å². The molecule has 1 amide bonds. The summed E-state index contributed by atoms with van der Waals surface area (Å²) in [4.78, 5) is 13.8. The maximum atomic E-state index is 10.9. The van der Waals surface area contributed by atoms with Crippen LogP contribution in [0.2, 0.25) is 0 Å². The van der Waals surface area contributed by atoms with Gasteiger partial charge < -0.3 is 15.8 Å². The van der Waals surface area contributed by atoms with E-state index in [2.05, 4.69) is 4.98 Å². The van der Waals surface area contributed by atoms with Gasteiger partial charge in [0.15, 0.2) is 0 Å². The number of carbonyl (C=O) groups excluding carboxylic acids is 1. The van der Waals surface area contributed by atoms with Crippen LogP contribution in [0, 0.1) is 0 Å². The minimum absolute atomic E-state index is 0.140. The van der Waals surface area contributed by atoms with Crippen molar-refractivity contribution in [1.82, 2.24) is 4.98 Å². The van der Waals surface area contributed by atoms with Crippen LogP contribution in [-0.2, 0) is 0 Å². The molecule has 0 atom stereocenters. The molecule has 0 saturated carbocycles. The van der Waals surface area contributed by atoms with Crippen LogP contribution >= 0.6 is 0 Å². The van der Waals surface area contributed by atoms with Gasteiger partial charge >= 0.3 is 0 Å². The number of phenols is 1. The second kappa shape index (κ2) is 2.52. The van der Waals surface area contributed by atoms with Crippen LogP contribution in [0.15, 0.2) is 24.4 Å². The first kappa shape index (κ1) is 7.67. The number of aromatic amines is 1. The van der Waals surface area contributed by atoms with Gasteiger partial charge in [0.1, 0.15) is 5.75 Å². The molecular formula is C9H8N2O2. The highest BCUT2D eigenvalue weighted by molar-refractivity contribution is 6.06. The van der Waals surface area contributed by atoms with Gasteiger partial charge in [-0.2, -0.15) is 0 Å². The van der Waals surface area contributed by atoms with E-state index < -0.39 is 5.91 Å². The highest BCUT2D eigenvalue weighted by Crippen LogP contribution is 2.25. The summed E-state index contributed by atoms with van der Waals surface area (Å²) in [5, 5.41) is 10.0. The Morgan fingerprint density at radius 3 is 2.85 bits per heavy atom. The van der Waals surface area contributed by atoms with E-state index in [1.807, 2.05) is 0 Å². The van der Waals surface area contributed by atoms with E-state index in [0.29, 0.717) is 16.5 Å². The highest BCUT2D eigenvalue weighted by atomic mass is 16.3. The summed E-state index contributed by atoms with van der Waals surface area (Å²) < 4.78 is 0. The highest BCUT2D eigenvalue weighted by Gasteiger charge is 2.09. The molecule has 0 fully saturated rings. The molecule has 1 aromatic carbocycles. The standard InChI is InChI=1S/C9H8N2O2/c10-9(13)6-1-2-7(12)5-3-4-11-8(5)6/h1-4,11-12H,(H2,10,13). The molecule has 66 valence electrons. The first-order valence-electron chi connectivity index (χ1n) is 3.79. The maximum absolute atomic E-state index is 10.9. The number of aromatic nitrogens is 1. The first-order chi connectivity index (χ1) is 6.20.